The van der Waals surface area contributed by atoms with Crippen LogP contribution in [0.3, 0.4) is 0 Å². The Balaban J connectivity index is 1.53. The molecule has 0 radical (unpaired) electrons. The summed E-state index contributed by atoms with van der Waals surface area (Å²) in [6, 6.07) is 9.88. The van der Waals surface area contributed by atoms with Crippen LogP contribution < -0.4 is 9.47 Å². The van der Waals surface area contributed by atoms with Crippen molar-refractivity contribution in [3.05, 3.63) is 58.7 Å². The third kappa shape index (κ3) is 7.71. The van der Waals surface area contributed by atoms with Gasteiger partial charge in [0.1, 0.15) is 5.75 Å². The molecule has 1 atom stereocenters. The molecule has 0 spiro atoms. The smallest absolute Gasteiger partial charge is 0.200 e. The summed E-state index contributed by atoms with van der Waals surface area (Å²) in [6.45, 7) is 5.58. The summed E-state index contributed by atoms with van der Waals surface area (Å²) < 4.78 is 41.2. The van der Waals surface area contributed by atoms with E-state index in [9.17, 15) is 8.78 Å². The monoisotopic (exact) mass is 472 g/mol. The van der Waals surface area contributed by atoms with Crippen molar-refractivity contribution in [2.24, 2.45) is 0 Å². The van der Waals surface area contributed by atoms with Gasteiger partial charge < -0.3 is 9.47 Å². The molecule has 0 fully saturated rings. The highest BCUT2D eigenvalue weighted by atomic mass is 19.2. The molecule has 3 rings (SSSR count). The molecule has 188 valence electrons. The first-order chi connectivity index (χ1) is 16.6. The third-order valence-corrected chi connectivity index (χ3v) is 6.95. The third-order valence-electron chi connectivity index (χ3n) is 6.95. The van der Waals surface area contributed by atoms with E-state index in [1.807, 2.05) is 12.1 Å². The molecule has 0 saturated heterocycles. The van der Waals surface area contributed by atoms with Crippen LogP contribution in [-0.2, 0) is 12.8 Å². The van der Waals surface area contributed by atoms with Crippen molar-refractivity contribution >= 4 is 0 Å². The molecule has 0 aliphatic heterocycles. The van der Waals surface area contributed by atoms with Crippen molar-refractivity contribution in [1.29, 1.82) is 0 Å². The number of aryl methyl sites for hydroxylation is 1. The zero-order valence-electron chi connectivity index (χ0n) is 21.1. The van der Waals surface area contributed by atoms with Gasteiger partial charge in [-0.2, -0.15) is 4.39 Å². The number of hydrogen-bond donors (Lipinski definition) is 0. The molecule has 1 unspecified atom stereocenters. The Bertz CT molecular complexity index is 863. The molecule has 0 amide bonds. The molecule has 2 nitrogen and oxygen atoms in total. The standard InChI is InChI=1S/C30H42F2O2/c1-3-5-7-9-10-12-20-34-28-22-25-14-13-24(21-27(25)29(31)30(28)32)23-15-17-26(18-16-23)33-19-11-8-6-4-2/h15-18,22,24H,3-14,19-21H2,1-2H3. The zero-order chi connectivity index (χ0) is 24.2. The van der Waals surface area contributed by atoms with E-state index >= 15 is 0 Å². The number of rotatable bonds is 15. The van der Waals surface area contributed by atoms with Crippen molar-refractivity contribution in [1.82, 2.24) is 0 Å². The molecule has 0 heterocycles. The van der Waals surface area contributed by atoms with Crippen LogP contribution in [0.25, 0.3) is 0 Å². The van der Waals surface area contributed by atoms with Crippen molar-refractivity contribution in [2.45, 2.75) is 103 Å². The van der Waals surface area contributed by atoms with E-state index in [2.05, 4.69) is 26.0 Å². The fourth-order valence-electron chi connectivity index (χ4n) is 4.82. The van der Waals surface area contributed by atoms with Crippen LogP contribution in [0.1, 0.15) is 107 Å². The lowest BCUT2D eigenvalue weighted by Gasteiger charge is -2.26. The summed E-state index contributed by atoms with van der Waals surface area (Å²) in [5, 5.41) is 0. The normalized spacial score (nSPS) is 15.2. The van der Waals surface area contributed by atoms with Crippen molar-refractivity contribution in [2.75, 3.05) is 13.2 Å². The SMILES string of the molecule is CCCCCCCCOc1cc2c(c(F)c1F)CC(c1ccc(OCCCCCC)cc1)CC2. The van der Waals surface area contributed by atoms with Gasteiger partial charge in [-0.1, -0.05) is 77.3 Å². The first-order valence-electron chi connectivity index (χ1n) is 13.5. The van der Waals surface area contributed by atoms with E-state index in [1.54, 1.807) is 6.07 Å². The quantitative estimate of drug-likeness (QED) is 0.241. The van der Waals surface area contributed by atoms with Crippen LogP contribution in [0.4, 0.5) is 8.78 Å². The number of benzene rings is 2. The second-order valence-electron chi connectivity index (χ2n) is 9.67. The van der Waals surface area contributed by atoms with Crippen molar-refractivity contribution in [3.8, 4) is 11.5 Å². The predicted octanol–water partition coefficient (Wildman–Crippen LogP) is 8.94. The number of fused-ring (bicyclic) bond motifs is 1. The van der Waals surface area contributed by atoms with Gasteiger partial charge in [-0.25, -0.2) is 4.39 Å². The topological polar surface area (TPSA) is 18.5 Å². The first kappa shape index (κ1) is 26.5. The number of unbranched alkanes of at least 4 members (excludes halogenated alkanes) is 8. The molecule has 0 aromatic heterocycles. The van der Waals surface area contributed by atoms with Crippen LogP contribution in [-0.4, -0.2) is 13.2 Å². The summed E-state index contributed by atoms with van der Waals surface area (Å²) in [6.07, 6.45) is 13.7. The fourth-order valence-corrected chi connectivity index (χ4v) is 4.82. The molecule has 1 aliphatic rings. The maximum absolute atomic E-state index is 15.0. The lowest BCUT2D eigenvalue weighted by molar-refractivity contribution is 0.283. The molecule has 0 saturated carbocycles. The molecule has 2 aromatic rings. The zero-order valence-corrected chi connectivity index (χ0v) is 21.1. The van der Waals surface area contributed by atoms with Gasteiger partial charge in [0.15, 0.2) is 11.6 Å². The molecule has 34 heavy (non-hydrogen) atoms. The average molecular weight is 473 g/mol. The highest BCUT2D eigenvalue weighted by Crippen LogP contribution is 2.38. The Labute approximate surface area is 205 Å². The van der Waals surface area contributed by atoms with Gasteiger partial charge in [-0.05, 0) is 72.9 Å². The Hall–Kier alpha value is -2.10. The Kier molecular flexibility index (Phi) is 11.2. The minimum atomic E-state index is -0.836. The van der Waals surface area contributed by atoms with Crippen LogP contribution in [0.2, 0.25) is 0 Å². The van der Waals surface area contributed by atoms with Gasteiger partial charge in [0, 0.05) is 0 Å². The molecule has 0 N–H and O–H groups in total. The van der Waals surface area contributed by atoms with Crippen LogP contribution >= 0.6 is 0 Å². The summed E-state index contributed by atoms with van der Waals surface area (Å²) >= 11 is 0. The number of ether oxygens (including phenoxy) is 2. The summed E-state index contributed by atoms with van der Waals surface area (Å²) in [4.78, 5) is 0. The molecule has 4 heteroatoms. The maximum atomic E-state index is 15.0. The minimum absolute atomic E-state index is 0.0729. The second kappa shape index (κ2) is 14.3. The molecule has 0 bridgehead atoms. The first-order valence-corrected chi connectivity index (χ1v) is 13.5. The predicted molar refractivity (Wildman–Crippen MR) is 136 cm³/mol. The van der Waals surface area contributed by atoms with Gasteiger partial charge in [0.25, 0.3) is 0 Å². The minimum Gasteiger partial charge on any atom is -0.494 e. The number of hydrogen-bond acceptors (Lipinski definition) is 2. The molecular weight excluding hydrogens is 430 g/mol. The van der Waals surface area contributed by atoms with Crippen LogP contribution in [0.5, 0.6) is 11.5 Å². The van der Waals surface area contributed by atoms with E-state index in [4.69, 9.17) is 9.47 Å². The van der Waals surface area contributed by atoms with Gasteiger partial charge in [-0.15, -0.1) is 0 Å². The van der Waals surface area contributed by atoms with Gasteiger partial charge in [0.05, 0.1) is 13.2 Å². The summed E-state index contributed by atoms with van der Waals surface area (Å²) in [7, 11) is 0. The molecule has 1 aliphatic carbocycles. The fraction of sp³-hybridized carbons (Fsp3) is 0.600. The van der Waals surface area contributed by atoms with Crippen LogP contribution in [0, 0.1) is 11.6 Å². The summed E-state index contributed by atoms with van der Waals surface area (Å²) in [5.41, 5.74) is 2.56. The average Bonchev–Trinajstić information content (AvgIpc) is 2.86. The Morgan fingerprint density at radius 3 is 2.09 bits per heavy atom. The Morgan fingerprint density at radius 2 is 1.38 bits per heavy atom. The highest BCUT2D eigenvalue weighted by Gasteiger charge is 2.27. The van der Waals surface area contributed by atoms with E-state index in [1.165, 1.54) is 44.9 Å². The van der Waals surface area contributed by atoms with E-state index in [0.717, 1.165) is 55.6 Å². The van der Waals surface area contributed by atoms with E-state index in [0.29, 0.717) is 18.6 Å². The second-order valence-corrected chi connectivity index (χ2v) is 9.67. The van der Waals surface area contributed by atoms with E-state index < -0.39 is 11.6 Å². The highest BCUT2D eigenvalue weighted by molar-refractivity contribution is 5.42. The molecule has 2 aromatic carbocycles. The van der Waals surface area contributed by atoms with Gasteiger partial charge in [0.2, 0.25) is 5.82 Å². The largest absolute Gasteiger partial charge is 0.494 e. The molecular formula is C30H42F2O2. The van der Waals surface area contributed by atoms with Crippen LogP contribution in [0.15, 0.2) is 30.3 Å². The summed E-state index contributed by atoms with van der Waals surface area (Å²) in [5.74, 6) is -0.427. The van der Waals surface area contributed by atoms with E-state index in [-0.39, 0.29) is 11.7 Å². The maximum Gasteiger partial charge on any atom is 0.200 e. The van der Waals surface area contributed by atoms with Crippen molar-refractivity contribution < 1.29 is 18.3 Å². The van der Waals surface area contributed by atoms with Gasteiger partial charge in [-0.3, -0.25) is 0 Å². The lowest BCUT2D eigenvalue weighted by atomic mass is 9.80. The van der Waals surface area contributed by atoms with Crippen molar-refractivity contribution in [3.63, 3.8) is 0 Å². The Morgan fingerprint density at radius 1 is 0.765 bits per heavy atom. The number of halogens is 2. The lowest BCUT2D eigenvalue weighted by Crippen LogP contribution is -2.16. The van der Waals surface area contributed by atoms with Gasteiger partial charge >= 0.3 is 0 Å².